The first kappa shape index (κ1) is 14.9. The molecule has 21 heavy (non-hydrogen) atoms. The Morgan fingerprint density at radius 2 is 2.33 bits per heavy atom. The molecule has 1 aromatic carbocycles. The standard InChI is InChI=1S/C15H16ClFN2OS/c16-6-12-9-21-15(18-12)10-1-2-14(17)11(5-10)7-19-4-3-13(20)8-19/h1-2,5,9,13,20H,3-4,6-8H2. The molecular formula is C15H16ClFN2OS. The lowest BCUT2D eigenvalue weighted by molar-refractivity contribution is 0.174. The van der Waals surface area contributed by atoms with Crippen LogP contribution in [-0.2, 0) is 12.4 Å². The lowest BCUT2D eigenvalue weighted by Gasteiger charge is -2.15. The predicted molar refractivity (Wildman–Crippen MR) is 83.0 cm³/mol. The third kappa shape index (κ3) is 3.43. The fourth-order valence-electron chi connectivity index (χ4n) is 2.53. The van der Waals surface area contributed by atoms with Crippen molar-refractivity contribution in [2.75, 3.05) is 13.1 Å². The second-order valence-corrected chi connectivity index (χ2v) is 6.39. The summed E-state index contributed by atoms with van der Waals surface area (Å²) >= 11 is 7.28. The minimum absolute atomic E-state index is 0.214. The summed E-state index contributed by atoms with van der Waals surface area (Å²) in [5.74, 6) is 0.171. The Hall–Kier alpha value is -1.01. The van der Waals surface area contributed by atoms with Crippen LogP contribution in [0.1, 0.15) is 17.7 Å². The van der Waals surface area contributed by atoms with E-state index in [1.807, 2.05) is 11.4 Å². The number of hydrogen-bond acceptors (Lipinski definition) is 4. The molecule has 1 saturated heterocycles. The van der Waals surface area contributed by atoms with Crippen LogP contribution in [0, 0.1) is 5.82 Å². The number of rotatable bonds is 4. The summed E-state index contributed by atoms with van der Waals surface area (Å²) in [5.41, 5.74) is 2.39. The summed E-state index contributed by atoms with van der Waals surface area (Å²) in [6.45, 7) is 1.93. The maximum Gasteiger partial charge on any atom is 0.127 e. The highest BCUT2D eigenvalue weighted by Gasteiger charge is 2.21. The van der Waals surface area contributed by atoms with E-state index in [1.54, 1.807) is 6.07 Å². The van der Waals surface area contributed by atoms with Gasteiger partial charge in [0.15, 0.2) is 0 Å². The number of nitrogens with zero attached hydrogens (tertiary/aromatic N) is 2. The van der Waals surface area contributed by atoms with Gasteiger partial charge in [-0.3, -0.25) is 4.90 Å². The van der Waals surface area contributed by atoms with E-state index in [1.165, 1.54) is 17.4 Å². The summed E-state index contributed by atoms with van der Waals surface area (Å²) in [6, 6.07) is 5.07. The maximum atomic E-state index is 14.0. The van der Waals surface area contributed by atoms with Gasteiger partial charge in [-0.15, -0.1) is 22.9 Å². The minimum atomic E-state index is -0.290. The van der Waals surface area contributed by atoms with Crippen LogP contribution in [-0.4, -0.2) is 34.2 Å². The molecule has 1 fully saturated rings. The number of aliphatic hydroxyl groups excluding tert-OH is 1. The van der Waals surface area contributed by atoms with E-state index < -0.39 is 0 Å². The molecule has 2 aromatic rings. The highest BCUT2D eigenvalue weighted by atomic mass is 35.5. The molecule has 1 atom stereocenters. The predicted octanol–water partition coefficient (Wildman–Crippen LogP) is 3.25. The van der Waals surface area contributed by atoms with Gasteiger partial charge >= 0.3 is 0 Å². The molecule has 3 rings (SSSR count). The summed E-state index contributed by atoms with van der Waals surface area (Å²) < 4.78 is 14.0. The van der Waals surface area contributed by atoms with Crippen LogP contribution < -0.4 is 0 Å². The van der Waals surface area contributed by atoms with E-state index in [4.69, 9.17) is 11.6 Å². The highest BCUT2D eigenvalue weighted by molar-refractivity contribution is 7.13. The van der Waals surface area contributed by atoms with Crippen LogP contribution >= 0.6 is 22.9 Å². The Bertz CT molecular complexity index is 634. The molecule has 3 nitrogen and oxygen atoms in total. The second kappa shape index (κ2) is 6.40. The number of likely N-dealkylation sites (tertiary alicyclic amines) is 1. The summed E-state index contributed by atoms with van der Waals surface area (Å²) in [7, 11) is 0. The van der Waals surface area contributed by atoms with E-state index in [2.05, 4.69) is 9.88 Å². The number of aromatic nitrogens is 1. The van der Waals surface area contributed by atoms with Gasteiger partial charge in [0.1, 0.15) is 10.8 Å². The number of hydrogen-bond donors (Lipinski definition) is 1. The molecule has 2 heterocycles. The number of halogens is 2. The van der Waals surface area contributed by atoms with Crippen LogP contribution in [0.5, 0.6) is 0 Å². The normalized spacial score (nSPS) is 19.3. The van der Waals surface area contributed by atoms with Gasteiger partial charge in [-0.2, -0.15) is 0 Å². The monoisotopic (exact) mass is 326 g/mol. The van der Waals surface area contributed by atoms with Crippen molar-refractivity contribution in [3.8, 4) is 10.6 Å². The molecule has 1 aliphatic heterocycles. The largest absolute Gasteiger partial charge is 0.392 e. The molecule has 0 radical (unpaired) electrons. The zero-order valence-electron chi connectivity index (χ0n) is 11.4. The third-order valence-corrected chi connectivity index (χ3v) is 4.84. The van der Waals surface area contributed by atoms with Gasteiger partial charge in [-0.1, -0.05) is 0 Å². The molecule has 0 aliphatic carbocycles. The van der Waals surface area contributed by atoms with E-state index in [9.17, 15) is 9.50 Å². The van der Waals surface area contributed by atoms with Crippen LogP contribution in [0.2, 0.25) is 0 Å². The first-order chi connectivity index (χ1) is 10.2. The molecular weight excluding hydrogens is 311 g/mol. The number of thiazole rings is 1. The Morgan fingerprint density at radius 1 is 1.48 bits per heavy atom. The zero-order chi connectivity index (χ0) is 14.8. The van der Waals surface area contributed by atoms with E-state index in [0.717, 1.165) is 29.2 Å². The number of benzene rings is 1. The first-order valence-corrected chi connectivity index (χ1v) is 8.26. The average Bonchev–Trinajstić information content (AvgIpc) is 3.10. The summed E-state index contributed by atoms with van der Waals surface area (Å²) in [6.07, 6.45) is 0.467. The molecule has 112 valence electrons. The van der Waals surface area contributed by atoms with E-state index >= 15 is 0 Å². The fraction of sp³-hybridized carbons (Fsp3) is 0.400. The Balaban J connectivity index is 1.82. The van der Waals surface area contributed by atoms with Crippen molar-refractivity contribution in [2.24, 2.45) is 0 Å². The van der Waals surface area contributed by atoms with Crippen molar-refractivity contribution in [3.05, 3.63) is 40.7 Å². The molecule has 0 amide bonds. The molecule has 1 aromatic heterocycles. The van der Waals surface area contributed by atoms with Crippen molar-refractivity contribution >= 4 is 22.9 Å². The highest BCUT2D eigenvalue weighted by Crippen LogP contribution is 2.27. The summed E-state index contributed by atoms with van der Waals surface area (Å²) in [4.78, 5) is 6.49. The Labute approximate surface area is 132 Å². The smallest absolute Gasteiger partial charge is 0.127 e. The quantitative estimate of drug-likeness (QED) is 0.876. The number of β-amino-alcohol motifs (C(OH)–C–C–N with tert-alkyl or cyclic N) is 1. The van der Waals surface area contributed by atoms with Crippen LogP contribution in [0.4, 0.5) is 4.39 Å². The van der Waals surface area contributed by atoms with Crippen molar-refractivity contribution in [2.45, 2.75) is 24.9 Å². The lowest BCUT2D eigenvalue weighted by Crippen LogP contribution is -2.22. The van der Waals surface area contributed by atoms with Gasteiger partial charge in [-0.05, 0) is 24.6 Å². The van der Waals surface area contributed by atoms with Gasteiger partial charge < -0.3 is 5.11 Å². The number of alkyl halides is 1. The number of aliphatic hydroxyl groups is 1. The van der Waals surface area contributed by atoms with Crippen molar-refractivity contribution in [1.29, 1.82) is 0 Å². The Kier molecular flexibility index (Phi) is 4.54. The molecule has 1 unspecified atom stereocenters. The molecule has 0 bridgehead atoms. The van der Waals surface area contributed by atoms with Gasteiger partial charge in [0.2, 0.25) is 0 Å². The molecule has 0 spiro atoms. The van der Waals surface area contributed by atoms with Crippen LogP contribution in [0.25, 0.3) is 10.6 Å². The first-order valence-electron chi connectivity index (χ1n) is 6.85. The van der Waals surface area contributed by atoms with Crippen molar-refractivity contribution < 1.29 is 9.50 Å². The molecule has 0 saturated carbocycles. The van der Waals surface area contributed by atoms with Crippen LogP contribution in [0.3, 0.4) is 0 Å². The topological polar surface area (TPSA) is 36.4 Å². The van der Waals surface area contributed by atoms with E-state index in [0.29, 0.717) is 24.5 Å². The minimum Gasteiger partial charge on any atom is -0.392 e. The maximum absolute atomic E-state index is 14.0. The van der Waals surface area contributed by atoms with E-state index in [-0.39, 0.29) is 11.9 Å². The van der Waals surface area contributed by atoms with Crippen molar-refractivity contribution in [3.63, 3.8) is 0 Å². The average molecular weight is 327 g/mol. The fourth-order valence-corrected chi connectivity index (χ4v) is 3.57. The SMILES string of the molecule is OC1CCN(Cc2cc(-c3nc(CCl)cs3)ccc2F)C1. The molecule has 1 N–H and O–H groups in total. The van der Waals surface area contributed by atoms with Crippen LogP contribution in [0.15, 0.2) is 23.6 Å². The van der Waals surface area contributed by atoms with Gasteiger partial charge in [-0.25, -0.2) is 9.37 Å². The Morgan fingerprint density at radius 3 is 3.00 bits per heavy atom. The van der Waals surface area contributed by atoms with Gasteiger partial charge in [0.25, 0.3) is 0 Å². The van der Waals surface area contributed by atoms with Gasteiger partial charge in [0.05, 0.1) is 17.7 Å². The summed E-state index contributed by atoms with van der Waals surface area (Å²) in [5, 5.41) is 12.3. The third-order valence-electron chi connectivity index (χ3n) is 3.62. The zero-order valence-corrected chi connectivity index (χ0v) is 13.0. The lowest BCUT2D eigenvalue weighted by atomic mass is 10.1. The molecule has 1 aliphatic rings. The molecule has 6 heteroatoms. The van der Waals surface area contributed by atoms with Gasteiger partial charge in [0, 0.05) is 36.1 Å². The van der Waals surface area contributed by atoms with Crippen molar-refractivity contribution in [1.82, 2.24) is 9.88 Å². The second-order valence-electron chi connectivity index (χ2n) is 5.26.